The summed E-state index contributed by atoms with van der Waals surface area (Å²) >= 11 is 5.92. The first-order valence-corrected chi connectivity index (χ1v) is 7.48. The van der Waals surface area contributed by atoms with E-state index in [-0.39, 0.29) is 5.97 Å². The fourth-order valence-electron chi connectivity index (χ4n) is 2.75. The van der Waals surface area contributed by atoms with Gasteiger partial charge in [-0.25, -0.2) is 4.79 Å². The van der Waals surface area contributed by atoms with Crippen molar-refractivity contribution in [2.75, 3.05) is 13.1 Å². The maximum absolute atomic E-state index is 12.4. The molecule has 0 saturated carbocycles. The third-order valence-electron chi connectivity index (χ3n) is 4.09. The number of halogens is 1. The Morgan fingerprint density at radius 2 is 2.00 bits per heavy atom. The average molecular weight is 296 g/mol. The molecule has 1 aliphatic rings. The second kappa shape index (κ2) is 6.15. The Morgan fingerprint density at radius 1 is 1.35 bits per heavy atom. The number of hydrogen-bond acceptors (Lipinski definition) is 3. The molecular weight excluding hydrogens is 274 g/mol. The van der Waals surface area contributed by atoms with E-state index >= 15 is 0 Å². The van der Waals surface area contributed by atoms with E-state index in [2.05, 4.69) is 5.32 Å². The number of carbonyl (C=O) groups excluding carboxylic acids is 1. The summed E-state index contributed by atoms with van der Waals surface area (Å²) in [4.78, 5) is 12.4. The average Bonchev–Trinajstić information content (AvgIpc) is 2.39. The molecule has 1 saturated heterocycles. The summed E-state index contributed by atoms with van der Waals surface area (Å²) in [5.74, 6) is 0.142. The van der Waals surface area contributed by atoms with Crippen LogP contribution in [0, 0.1) is 12.8 Å². The van der Waals surface area contributed by atoms with E-state index in [1.807, 2.05) is 20.8 Å². The van der Waals surface area contributed by atoms with Gasteiger partial charge in [-0.05, 0) is 70.5 Å². The molecular formula is C16H22ClNO2. The molecule has 0 atom stereocenters. The predicted molar refractivity (Wildman–Crippen MR) is 81.3 cm³/mol. The molecule has 0 amide bonds. The summed E-state index contributed by atoms with van der Waals surface area (Å²) in [6, 6.07) is 5.25. The van der Waals surface area contributed by atoms with Gasteiger partial charge in [0, 0.05) is 10.9 Å². The van der Waals surface area contributed by atoms with E-state index in [4.69, 9.17) is 16.3 Å². The van der Waals surface area contributed by atoms with Crippen LogP contribution in [0.15, 0.2) is 18.2 Å². The number of nitrogens with one attached hydrogen (secondary N) is 1. The van der Waals surface area contributed by atoms with E-state index in [9.17, 15) is 4.79 Å². The number of ether oxygens (including phenoxy) is 1. The van der Waals surface area contributed by atoms with Crippen LogP contribution in [-0.2, 0) is 4.74 Å². The molecule has 20 heavy (non-hydrogen) atoms. The van der Waals surface area contributed by atoms with Crippen LogP contribution in [0.25, 0.3) is 0 Å². The first-order valence-electron chi connectivity index (χ1n) is 7.10. The lowest BCUT2D eigenvalue weighted by Gasteiger charge is -2.36. The molecule has 0 aliphatic carbocycles. The van der Waals surface area contributed by atoms with E-state index < -0.39 is 5.60 Å². The van der Waals surface area contributed by atoms with Gasteiger partial charge in [-0.1, -0.05) is 11.6 Å². The molecule has 1 aromatic carbocycles. The highest BCUT2D eigenvalue weighted by molar-refractivity contribution is 6.30. The van der Waals surface area contributed by atoms with E-state index in [1.54, 1.807) is 18.2 Å². The summed E-state index contributed by atoms with van der Waals surface area (Å²) in [6.45, 7) is 7.87. The van der Waals surface area contributed by atoms with Gasteiger partial charge in [0.1, 0.15) is 5.60 Å². The molecule has 0 spiro atoms. The Labute approximate surface area is 125 Å². The van der Waals surface area contributed by atoms with Crippen molar-refractivity contribution >= 4 is 17.6 Å². The third-order valence-corrected chi connectivity index (χ3v) is 4.32. The molecule has 1 aliphatic heterocycles. The minimum absolute atomic E-state index is 0.261. The lowest BCUT2D eigenvalue weighted by molar-refractivity contribution is -0.0368. The van der Waals surface area contributed by atoms with Crippen molar-refractivity contribution in [2.45, 2.75) is 39.2 Å². The zero-order valence-electron chi connectivity index (χ0n) is 12.3. The molecule has 110 valence electrons. The Balaban J connectivity index is 2.09. The van der Waals surface area contributed by atoms with Gasteiger partial charge in [0.15, 0.2) is 0 Å². The Bertz CT molecular complexity index is 493. The lowest BCUT2D eigenvalue weighted by Crippen LogP contribution is -2.42. The van der Waals surface area contributed by atoms with Gasteiger partial charge in [0.05, 0.1) is 5.56 Å². The number of esters is 1. The molecule has 2 rings (SSSR count). The summed E-state index contributed by atoms with van der Waals surface area (Å²) in [6.07, 6.45) is 2.08. The molecule has 1 aromatic rings. The molecule has 1 fully saturated rings. The quantitative estimate of drug-likeness (QED) is 0.866. The fraction of sp³-hybridized carbons (Fsp3) is 0.562. The maximum atomic E-state index is 12.4. The van der Waals surface area contributed by atoms with Gasteiger partial charge in [-0.15, -0.1) is 0 Å². The number of aryl methyl sites for hydroxylation is 1. The molecule has 3 nitrogen and oxygen atoms in total. The molecule has 0 unspecified atom stereocenters. The van der Waals surface area contributed by atoms with Crippen LogP contribution in [0.4, 0.5) is 0 Å². The van der Waals surface area contributed by atoms with E-state index in [0.29, 0.717) is 16.5 Å². The molecule has 0 aromatic heterocycles. The lowest BCUT2D eigenvalue weighted by atomic mass is 9.83. The SMILES string of the molecule is Cc1cc(Cl)ccc1C(=O)OC(C)(C)C1CCNCC1. The standard InChI is InChI=1S/C16H22ClNO2/c1-11-10-13(17)4-5-14(11)15(19)20-16(2,3)12-6-8-18-9-7-12/h4-5,10,12,18H,6-9H2,1-3H3. The number of rotatable bonds is 3. The Hall–Kier alpha value is -1.06. The molecule has 1 N–H and O–H groups in total. The predicted octanol–water partition coefficient (Wildman–Crippen LogP) is 3.58. The Morgan fingerprint density at radius 3 is 2.60 bits per heavy atom. The van der Waals surface area contributed by atoms with Gasteiger partial charge in [-0.3, -0.25) is 0 Å². The second-order valence-electron chi connectivity index (χ2n) is 5.98. The van der Waals surface area contributed by atoms with Crippen molar-refractivity contribution in [3.05, 3.63) is 34.3 Å². The van der Waals surface area contributed by atoms with Crippen LogP contribution in [-0.4, -0.2) is 24.7 Å². The van der Waals surface area contributed by atoms with Gasteiger partial charge < -0.3 is 10.1 Å². The number of benzene rings is 1. The maximum Gasteiger partial charge on any atom is 0.338 e. The molecule has 0 bridgehead atoms. The van der Waals surface area contributed by atoms with Crippen LogP contribution in [0.5, 0.6) is 0 Å². The van der Waals surface area contributed by atoms with Crippen LogP contribution in [0.2, 0.25) is 5.02 Å². The van der Waals surface area contributed by atoms with Gasteiger partial charge in [0.25, 0.3) is 0 Å². The van der Waals surface area contributed by atoms with Crippen LogP contribution in [0.3, 0.4) is 0 Å². The normalized spacial score (nSPS) is 17.0. The highest BCUT2D eigenvalue weighted by Crippen LogP contribution is 2.30. The highest BCUT2D eigenvalue weighted by atomic mass is 35.5. The largest absolute Gasteiger partial charge is 0.456 e. The number of piperidine rings is 1. The van der Waals surface area contributed by atoms with Crippen LogP contribution < -0.4 is 5.32 Å². The third kappa shape index (κ3) is 3.53. The first-order chi connectivity index (χ1) is 9.40. The van der Waals surface area contributed by atoms with Crippen molar-refractivity contribution in [2.24, 2.45) is 5.92 Å². The number of carbonyl (C=O) groups is 1. The zero-order valence-corrected chi connectivity index (χ0v) is 13.1. The van der Waals surface area contributed by atoms with Crippen molar-refractivity contribution in [1.29, 1.82) is 0 Å². The van der Waals surface area contributed by atoms with Crippen molar-refractivity contribution in [1.82, 2.24) is 5.32 Å². The van der Waals surface area contributed by atoms with Crippen molar-refractivity contribution in [3.63, 3.8) is 0 Å². The number of hydrogen-bond donors (Lipinski definition) is 1. The zero-order chi connectivity index (χ0) is 14.8. The first kappa shape index (κ1) is 15.3. The smallest absolute Gasteiger partial charge is 0.338 e. The minimum Gasteiger partial charge on any atom is -0.456 e. The monoisotopic (exact) mass is 295 g/mol. The molecule has 4 heteroatoms. The van der Waals surface area contributed by atoms with Gasteiger partial charge in [0.2, 0.25) is 0 Å². The van der Waals surface area contributed by atoms with Gasteiger partial charge in [-0.2, -0.15) is 0 Å². The van der Waals surface area contributed by atoms with Crippen molar-refractivity contribution in [3.8, 4) is 0 Å². The molecule has 1 heterocycles. The summed E-state index contributed by atoms with van der Waals surface area (Å²) in [7, 11) is 0. The summed E-state index contributed by atoms with van der Waals surface area (Å²) < 4.78 is 5.77. The molecule has 0 radical (unpaired) electrons. The van der Waals surface area contributed by atoms with Crippen LogP contribution in [0.1, 0.15) is 42.6 Å². The van der Waals surface area contributed by atoms with E-state index in [1.165, 1.54) is 0 Å². The fourth-order valence-corrected chi connectivity index (χ4v) is 2.98. The summed E-state index contributed by atoms with van der Waals surface area (Å²) in [5.41, 5.74) is 1.01. The Kier molecular flexibility index (Phi) is 4.71. The summed E-state index contributed by atoms with van der Waals surface area (Å²) in [5, 5.41) is 3.97. The highest BCUT2D eigenvalue weighted by Gasteiger charge is 2.34. The van der Waals surface area contributed by atoms with Crippen LogP contribution >= 0.6 is 11.6 Å². The van der Waals surface area contributed by atoms with Gasteiger partial charge >= 0.3 is 5.97 Å². The van der Waals surface area contributed by atoms with Crippen molar-refractivity contribution < 1.29 is 9.53 Å². The topological polar surface area (TPSA) is 38.3 Å². The second-order valence-corrected chi connectivity index (χ2v) is 6.41. The minimum atomic E-state index is -0.439. The van der Waals surface area contributed by atoms with E-state index in [0.717, 1.165) is 31.5 Å².